The molecule has 1 aromatic carbocycles. The van der Waals surface area contributed by atoms with Crippen LogP contribution in [0, 0.1) is 5.92 Å². The second kappa shape index (κ2) is 10.0. The van der Waals surface area contributed by atoms with Crippen LogP contribution < -0.4 is 15.0 Å². The van der Waals surface area contributed by atoms with E-state index in [9.17, 15) is 9.90 Å². The van der Waals surface area contributed by atoms with Gasteiger partial charge in [-0.15, -0.1) is 10.2 Å². The number of nitrogens with zero attached hydrogens (tertiary/aromatic N) is 7. The van der Waals surface area contributed by atoms with Crippen molar-refractivity contribution in [1.82, 2.24) is 34.9 Å². The first kappa shape index (κ1) is 24.3. The lowest BCUT2D eigenvalue weighted by molar-refractivity contribution is 0.373. The average Bonchev–Trinajstić information content (AvgIpc) is 3.45. The highest BCUT2D eigenvalue weighted by Gasteiger charge is 2.30. The Morgan fingerprint density at radius 1 is 1.03 bits per heavy atom. The summed E-state index contributed by atoms with van der Waals surface area (Å²) >= 11 is 0. The molecule has 0 atom stereocenters. The molecule has 0 saturated heterocycles. The monoisotopic (exact) mass is 529 g/mol. The Hall–Kier alpha value is -5.07. The normalized spacial score (nSPS) is 13.0. The summed E-state index contributed by atoms with van der Waals surface area (Å²) in [4.78, 5) is 26.8. The third kappa shape index (κ3) is 4.69. The van der Waals surface area contributed by atoms with Gasteiger partial charge in [-0.2, -0.15) is 9.97 Å². The van der Waals surface area contributed by atoms with Gasteiger partial charge in [0.1, 0.15) is 35.1 Å². The Bertz CT molecular complexity index is 1670. The third-order valence-corrected chi connectivity index (χ3v) is 6.27. The number of methoxy groups -OCH3 is 2. The lowest BCUT2D eigenvalue weighted by Gasteiger charge is -2.18. The van der Waals surface area contributed by atoms with E-state index in [2.05, 4.69) is 30.3 Å². The molecule has 1 saturated carbocycles. The largest absolute Gasteiger partial charge is 0.494 e. The van der Waals surface area contributed by atoms with Gasteiger partial charge in [-0.25, -0.2) is 0 Å². The van der Waals surface area contributed by atoms with Crippen molar-refractivity contribution in [2.24, 2.45) is 5.92 Å². The molecule has 0 aliphatic heterocycles. The molecule has 0 bridgehead atoms. The summed E-state index contributed by atoms with van der Waals surface area (Å²) in [6.07, 6.45) is 4.17. The first-order chi connectivity index (χ1) is 19.1. The summed E-state index contributed by atoms with van der Waals surface area (Å²) in [5.41, 5.74) is 0.0604. The highest BCUT2D eigenvalue weighted by atomic mass is 16.5. The fraction of sp³-hybridized carbons (Fsp3) is 0.269. The molecule has 1 aliphatic carbocycles. The van der Waals surface area contributed by atoms with Crippen LogP contribution >= 0.6 is 0 Å². The smallest absolute Gasteiger partial charge is 0.275 e. The molecule has 198 valence electrons. The van der Waals surface area contributed by atoms with Crippen LogP contribution in [0.3, 0.4) is 0 Å². The van der Waals surface area contributed by atoms with Gasteiger partial charge in [0.15, 0.2) is 5.56 Å². The van der Waals surface area contributed by atoms with Crippen LogP contribution in [0.2, 0.25) is 0 Å². The van der Waals surface area contributed by atoms with Crippen LogP contribution in [0.5, 0.6) is 17.4 Å². The summed E-state index contributed by atoms with van der Waals surface area (Å²) in [5, 5.41) is 22.8. The van der Waals surface area contributed by atoms with Gasteiger partial charge < -0.3 is 23.5 Å². The van der Waals surface area contributed by atoms with E-state index in [1.165, 1.54) is 18.8 Å². The van der Waals surface area contributed by atoms with Gasteiger partial charge >= 0.3 is 0 Å². The molecule has 39 heavy (non-hydrogen) atoms. The lowest BCUT2D eigenvalue weighted by atomic mass is 10.2. The van der Waals surface area contributed by atoms with Crippen LogP contribution in [0.1, 0.15) is 30.4 Å². The van der Waals surface area contributed by atoms with Crippen LogP contribution in [-0.2, 0) is 12.8 Å². The Labute approximate surface area is 221 Å². The fourth-order valence-corrected chi connectivity index (χ4v) is 4.22. The van der Waals surface area contributed by atoms with E-state index in [-0.39, 0.29) is 29.7 Å². The number of para-hydroxylation sites is 1. The number of benzene rings is 1. The Morgan fingerprint density at radius 2 is 1.82 bits per heavy atom. The molecular formula is C26H23N7O6. The second-order valence-electron chi connectivity index (χ2n) is 8.93. The van der Waals surface area contributed by atoms with Gasteiger partial charge in [-0.05, 0) is 43.0 Å². The van der Waals surface area contributed by atoms with Crippen LogP contribution in [0.4, 0.5) is 0 Å². The zero-order valence-electron chi connectivity index (χ0n) is 21.1. The molecule has 5 aromatic rings. The summed E-state index contributed by atoms with van der Waals surface area (Å²) in [6.45, 7) is 0. The first-order valence-electron chi connectivity index (χ1n) is 12.2. The van der Waals surface area contributed by atoms with Gasteiger partial charge in [-0.3, -0.25) is 14.3 Å². The minimum atomic E-state index is -0.605. The summed E-state index contributed by atoms with van der Waals surface area (Å²) in [7, 11) is 3.00. The predicted octanol–water partition coefficient (Wildman–Crippen LogP) is 2.99. The molecule has 0 unspecified atom stereocenters. The highest BCUT2D eigenvalue weighted by molar-refractivity contribution is 5.63. The molecule has 0 radical (unpaired) electrons. The highest BCUT2D eigenvalue weighted by Crippen LogP contribution is 2.37. The van der Waals surface area contributed by atoms with Crippen molar-refractivity contribution in [1.29, 1.82) is 0 Å². The van der Waals surface area contributed by atoms with Crippen molar-refractivity contribution < 1.29 is 23.5 Å². The van der Waals surface area contributed by atoms with Crippen molar-refractivity contribution in [3.8, 4) is 46.0 Å². The van der Waals surface area contributed by atoms with E-state index in [1.807, 2.05) is 6.07 Å². The van der Waals surface area contributed by atoms with Gasteiger partial charge in [-0.1, -0.05) is 17.3 Å². The zero-order chi connectivity index (χ0) is 26.9. The maximum atomic E-state index is 14.0. The molecular weight excluding hydrogens is 506 g/mol. The van der Waals surface area contributed by atoms with Crippen LogP contribution in [0.15, 0.2) is 56.3 Å². The van der Waals surface area contributed by atoms with Gasteiger partial charge in [0.25, 0.3) is 11.4 Å². The van der Waals surface area contributed by atoms with Crippen molar-refractivity contribution in [2.75, 3.05) is 14.2 Å². The minimum absolute atomic E-state index is 0.00924. The average molecular weight is 530 g/mol. The molecule has 1 fully saturated rings. The molecule has 13 heteroatoms. The summed E-state index contributed by atoms with van der Waals surface area (Å²) in [6, 6.07) is 10.5. The predicted molar refractivity (Wildman–Crippen MR) is 135 cm³/mol. The summed E-state index contributed by atoms with van der Waals surface area (Å²) in [5.74, 6) is 1.46. The van der Waals surface area contributed by atoms with E-state index >= 15 is 0 Å². The molecule has 0 amide bonds. The maximum absolute atomic E-state index is 14.0. The maximum Gasteiger partial charge on any atom is 0.275 e. The number of hydrogen-bond acceptors (Lipinski definition) is 12. The van der Waals surface area contributed by atoms with Gasteiger partial charge in [0, 0.05) is 12.6 Å². The molecule has 13 nitrogen and oxygen atoms in total. The van der Waals surface area contributed by atoms with Crippen LogP contribution in [0.25, 0.3) is 28.7 Å². The van der Waals surface area contributed by atoms with Crippen LogP contribution in [-0.4, -0.2) is 54.2 Å². The molecule has 4 aromatic heterocycles. The van der Waals surface area contributed by atoms with Crippen molar-refractivity contribution in [3.63, 3.8) is 0 Å². The lowest BCUT2D eigenvalue weighted by Crippen LogP contribution is -2.26. The minimum Gasteiger partial charge on any atom is -0.494 e. The van der Waals surface area contributed by atoms with Gasteiger partial charge in [0.05, 0.1) is 14.2 Å². The van der Waals surface area contributed by atoms with E-state index < -0.39 is 11.4 Å². The van der Waals surface area contributed by atoms with E-state index in [4.69, 9.17) is 18.4 Å². The van der Waals surface area contributed by atoms with E-state index in [1.54, 1.807) is 36.5 Å². The topological polar surface area (TPSA) is 164 Å². The van der Waals surface area contributed by atoms with Gasteiger partial charge in [0.2, 0.25) is 23.5 Å². The molecule has 4 heterocycles. The Balaban J connectivity index is 1.39. The SMILES string of the molecule is COc1cccc(OC)c1-n1c(CC2CC2)nc(O)c(-c2nnc(Cc3nc(-c4ccccn4)no3)o2)c1=O. The fourth-order valence-electron chi connectivity index (χ4n) is 4.22. The quantitative estimate of drug-likeness (QED) is 0.297. The number of aromatic nitrogens is 7. The molecule has 0 spiro atoms. The molecule has 6 rings (SSSR count). The van der Waals surface area contributed by atoms with Crippen molar-refractivity contribution >= 4 is 0 Å². The number of rotatable bonds is 9. The van der Waals surface area contributed by atoms with E-state index in [0.29, 0.717) is 46.9 Å². The summed E-state index contributed by atoms with van der Waals surface area (Å²) < 4.78 is 23.5. The molecule has 1 N–H and O–H groups in total. The third-order valence-electron chi connectivity index (χ3n) is 6.27. The number of ether oxygens (including phenoxy) is 2. The zero-order valence-corrected chi connectivity index (χ0v) is 21.1. The Morgan fingerprint density at radius 3 is 2.51 bits per heavy atom. The van der Waals surface area contributed by atoms with Crippen molar-refractivity contribution in [2.45, 2.75) is 25.7 Å². The number of aromatic hydroxyl groups is 1. The molecule has 1 aliphatic rings. The van der Waals surface area contributed by atoms with E-state index in [0.717, 1.165) is 12.8 Å². The number of pyridine rings is 1. The first-order valence-corrected chi connectivity index (χ1v) is 12.2. The van der Waals surface area contributed by atoms with Crippen molar-refractivity contribution in [3.05, 3.63) is 70.6 Å². The number of hydrogen-bond donors (Lipinski definition) is 1. The Kier molecular flexibility index (Phi) is 6.23. The standard InChI is InChI=1S/C26H23N7O6/c1-36-16-7-5-8-17(37-2)22(16)33-18(12-14-9-10-14)28-24(34)21(26(33)35)25-31-30-20(38-25)13-19-29-23(32-39-19)15-6-3-4-11-27-15/h3-8,11,14,34H,9-10,12-13H2,1-2H3. The second-order valence-corrected chi connectivity index (χ2v) is 8.93.